The first kappa shape index (κ1) is 11.8. The van der Waals surface area contributed by atoms with E-state index in [2.05, 4.69) is 15.9 Å². The van der Waals surface area contributed by atoms with Crippen molar-refractivity contribution in [2.24, 2.45) is 0 Å². The number of rotatable bonds is 0. The van der Waals surface area contributed by atoms with Crippen molar-refractivity contribution < 1.29 is 17.9 Å². The van der Waals surface area contributed by atoms with E-state index in [1.54, 1.807) is 6.07 Å². The fraction of sp³-hybridized carbons (Fsp3) is 0.200. The fourth-order valence-corrected chi connectivity index (χ4v) is 2.29. The van der Waals surface area contributed by atoms with Crippen molar-refractivity contribution in [2.45, 2.75) is 12.3 Å². The molecular formula is C10H5BrClF3O. The van der Waals surface area contributed by atoms with Crippen LogP contribution >= 0.6 is 27.5 Å². The average Bonchev–Trinajstić information content (AvgIpc) is 2.15. The van der Waals surface area contributed by atoms with E-state index in [4.69, 9.17) is 16.3 Å². The summed E-state index contributed by atoms with van der Waals surface area (Å²) in [5.74, 6) is 0.161. The maximum atomic E-state index is 12.4. The zero-order valence-corrected chi connectivity index (χ0v) is 10.0. The molecule has 0 radical (unpaired) electrons. The number of halogens is 5. The number of hydrogen-bond donors (Lipinski definition) is 0. The number of ether oxygens (including phenoxy) is 1. The van der Waals surface area contributed by atoms with Crippen LogP contribution in [-0.4, -0.2) is 12.3 Å². The van der Waals surface area contributed by atoms with Crippen LogP contribution in [0, 0.1) is 0 Å². The van der Waals surface area contributed by atoms with Crippen LogP contribution in [0.15, 0.2) is 22.7 Å². The normalized spacial score (nSPS) is 19.2. The molecule has 0 aliphatic carbocycles. The minimum atomic E-state index is -4.41. The molecule has 0 N–H and O–H groups in total. The van der Waals surface area contributed by atoms with Gasteiger partial charge in [-0.1, -0.05) is 17.7 Å². The summed E-state index contributed by atoms with van der Waals surface area (Å²) in [6.45, 7) is 0. The lowest BCUT2D eigenvalue weighted by Crippen LogP contribution is -2.33. The molecule has 0 fully saturated rings. The van der Waals surface area contributed by atoms with Gasteiger partial charge in [-0.25, -0.2) is 0 Å². The maximum absolute atomic E-state index is 12.4. The van der Waals surface area contributed by atoms with Gasteiger partial charge in [-0.2, -0.15) is 13.2 Å². The summed E-state index contributed by atoms with van der Waals surface area (Å²) in [6.07, 6.45) is -4.00. The molecule has 0 saturated heterocycles. The van der Waals surface area contributed by atoms with E-state index in [0.29, 0.717) is 15.1 Å². The minimum Gasteiger partial charge on any atom is -0.475 e. The lowest BCUT2D eigenvalue weighted by molar-refractivity contribution is -0.180. The highest BCUT2D eigenvalue weighted by molar-refractivity contribution is 9.10. The first-order valence-electron chi connectivity index (χ1n) is 4.28. The van der Waals surface area contributed by atoms with Gasteiger partial charge >= 0.3 is 6.18 Å². The summed E-state index contributed by atoms with van der Waals surface area (Å²) in [7, 11) is 0. The highest BCUT2D eigenvalue weighted by Gasteiger charge is 2.41. The van der Waals surface area contributed by atoms with Crippen LogP contribution in [-0.2, 0) is 0 Å². The summed E-state index contributed by atoms with van der Waals surface area (Å²) in [5.41, 5.74) is 0.528. The molecule has 0 unspecified atom stereocenters. The largest absolute Gasteiger partial charge is 0.475 e. The Kier molecular flexibility index (Phi) is 2.92. The van der Waals surface area contributed by atoms with Gasteiger partial charge < -0.3 is 4.74 Å². The topological polar surface area (TPSA) is 9.23 Å². The highest BCUT2D eigenvalue weighted by atomic mass is 79.9. The molecule has 1 aromatic carbocycles. The van der Waals surface area contributed by atoms with Crippen LogP contribution < -0.4 is 4.74 Å². The molecular weight excluding hydrogens is 308 g/mol. The van der Waals surface area contributed by atoms with Gasteiger partial charge in [-0.05, 0) is 34.1 Å². The van der Waals surface area contributed by atoms with Crippen LogP contribution in [0.4, 0.5) is 13.2 Å². The van der Waals surface area contributed by atoms with Gasteiger partial charge in [0.2, 0.25) is 6.10 Å². The van der Waals surface area contributed by atoms with Gasteiger partial charge in [-0.3, -0.25) is 0 Å². The number of alkyl halides is 3. The molecule has 0 bridgehead atoms. The van der Waals surface area contributed by atoms with Crippen molar-refractivity contribution in [3.63, 3.8) is 0 Å². The molecule has 1 atom stereocenters. The fourth-order valence-electron chi connectivity index (χ4n) is 1.36. The zero-order valence-electron chi connectivity index (χ0n) is 7.68. The second-order valence-corrected chi connectivity index (χ2v) is 4.54. The highest BCUT2D eigenvalue weighted by Crippen LogP contribution is 2.39. The Labute approximate surface area is 103 Å². The molecule has 1 nitrogen and oxygen atoms in total. The Hall–Kier alpha value is -0.680. The Morgan fingerprint density at radius 2 is 2.00 bits per heavy atom. The third-order valence-electron chi connectivity index (χ3n) is 2.06. The van der Waals surface area contributed by atoms with E-state index in [9.17, 15) is 13.2 Å². The summed E-state index contributed by atoms with van der Waals surface area (Å²) in [4.78, 5) is 0. The Bertz CT molecular complexity index is 456. The third-order valence-corrected chi connectivity index (χ3v) is 2.86. The maximum Gasteiger partial charge on any atom is 0.429 e. The molecule has 2 rings (SSSR count). The summed E-state index contributed by atoms with van der Waals surface area (Å²) < 4.78 is 42.6. The minimum absolute atomic E-state index is 0.161. The second-order valence-electron chi connectivity index (χ2n) is 3.25. The van der Waals surface area contributed by atoms with E-state index in [0.717, 1.165) is 6.08 Å². The van der Waals surface area contributed by atoms with Crippen LogP contribution in [0.2, 0.25) is 5.02 Å². The van der Waals surface area contributed by atoms with Gasteiger partial charge in [0.05, 0.1) is 4.47 Å². The molecule has 16 heavy (non-hydrogen) atoms. The monoisotopic (exact) mass is 312 g/mol. The predicted octanol–water partition coefficient (Wildman–Crippen LogP) is 4.44. The molecule has 6 heteroatoms. The predicted molar refractivity (Wildman–Crippen MR) is 58.7 cm³/mol. The van der Waals surface area contributed by atoms with Crippen LogP contribution in [0.5, 0.6) is 5.75 Å². The molecule has 1 aliphatic heterocycles. The van der Waals surface area contributed by atoms with Crippen LogP contribution in [0.1, 0.15) is 5.56 Å². The smallest absolute Gasteiger partial charge is 0.429 e. The molecule has 0 saturated carbocycles. The molecule has 1 heterocycles. The van der Waals surface area contributed by atoms with Gasteiger partial charge in [-0.15, -0.1) is 0 Å². The lowest BCUT2D eigenvalue weighted by atomic mass is 10.1. The Balaban J connectivity index is 2.42. The zero-order chi connectivity index (χ0) is 11.9. The quantitative estimate of drug-likeness (QED) is 0.688. The van der Waals surface area contributed by atoms with Crippen molar-refractivity contribution in [3.05, 3.63) is 33.3 Å². The molecule has 1 aliphatic rings. The first-order chi connectivity index (χ1) is 7.38. The van der Waals surface area contributed by atoms with E-state index >= 15 is 0 Å². The molecule has 0 spiro atoms. The standard InChI is InChI=1S/C10H5BrClF3O/c11-7-4-6(12)3-5-1-2-8(10(13,14)15)16-9(5)7/h1-4,8H/t8-/m0/s1. The molecule has 1 aromatic rings. The van der Waals surface area contributed by atoms with Crippen molar-refractivity contribution >= 4 is 33.6 Å². The van der Waals surface area contributed by atoms with E-state index < -0.39 is 12.3 Å². The van der Waals surface area contributed by atoms with E-state index in [1.165, 1.54) is 12.1 Å². The average molecular weight is 314 g/mol. The lowest BCUT2D eigenvalue weighted by Gasteiger charge is -2.24. The van der Waals surface area contributed by atoms with E-state index in [1.807, 2.05) is 0 Å². The van der Waals surface area contributed by atoms with Crippen LogP contribution in [0.25, 0.3) is 6.08 Å². The third kappa shape index (κ3) is 2.20. The second kappa shape index (κ2) is 3.96. The van der Waals surface area contributed by atoms with Gasteiger partial charge in [0.15, 0.2) is 0 Å². The first-order valence-corrected chi connectivity index (χ1v) is 5.45. The van der Waals surface area contributed by atoms with Crippen molar-refractivity contribution in [1.82, 2.24) is 0 Å². The molecule has 0 aromatic heterocycles. The van der Waals surface area contributed by atoms with Gasteiger partial charge in [0.25, 0.3) is 0 Å². The van der Waals surface area contributed by atoms with Crippen molar-refractivity contribution in [2.75, 3.05) is 0 Å². The number of fused-ring (bicyclic) bond motifs is 1. The molecule has 86 valence electrons. The summed E-state index contributed by atoms with van der Waals surface area (Å²) in [6, 6.07) is 3.04. The summed E-state index contributed by atoms with van der Waals surface area (Å²) >= 11 is 8.88. The Morgan fingerprint density at radius 3 is 2.62 bits per heavy atom. The Morgan fingerprint density at radius 1 is 1.31 bits per heavy atom. The van der Waals surface area contributed by atoms with Crippen molar-refractivity contribution in [1.29, 1.82) is 0 Å². The number of benzene rings is 1. The van der Waals surface area contributed by atoms with E-state index in [-0.39, 0.29) is 5.75 Å². The number of hydrogen-bond acceptors (Lipinski definition) is 1. The molecule has 0 amide bonds. The van der Waals surface area contributed by atoms with Crippen LogP contribution in [0.3, 0.4) is 0 Å². The van der Waals surface area contributed by atoms with Crippen molar-refractivity contribution in [3.8, 4) is 5.75 Å². The van der Waals surface area contributed by atoms with Gasteiger partial charge in [0.1, 0.15) is 5.75 Å². The van der Waals surface area contributed by atoms with Gasteiger partial charge in [0, 0.05) is 10.6 Å². The summed E-state index contributed by atoms with van der Waals surface area (Å²) in [5, 5.41) is 0.435. The SMILES string of the molecule is FC(F)(F)[C@@H]1C=Cc2cc(Cl)cc(Br)c2O1.